The Kier molecular flexibility index (Phi) is 10.1. The number of phenols is 1. The zero-order valence-corrected chi connectivity index (χ0v) is 21.2. The van der Waals surface area contributed by atoms with E-state index in [9.17, 15) is 5.11 Å². The molecule has 1 unspecified atom stereocenters. The molecule has 0 fully saturated rings. The number of hydrogen-bond acceptors (Lipinski definition) is 6. The summed E-state index contributed by atoms with van der Waals surface area (Å²) < 4.78 is 30.7. The molecule has 3 aromatic rings. The third-order valence-corrected chi connectivity index (χ3v) is 6.20. The second kappa shape index (κ2) is 13.7. The van der Waals surface area contributed by atoms with Crippen LogP contribution < -0.4 is 0 Å². The van der Waals surface area contributed by atoms with E-state index >= 15 is 0 Å². The summed E-state index contributed by atoms with van der Waals surface area (Å²) in [7, 11) is 0. The molecule has 0 aromatic heterocycles. The van der Waals surface area contributed by atoms with E-state index in [0.717, 1.165) is 15.6 Å². The Morgan fingerprint density at radius 2 is 1.06 bits per heavy atom. The van der Waals surface area contributed by atoms with Gasteiger partial charge in [0.2, 0.25) is 0 Å². The predicted molar refractivity (Wildman–Crippen MR) is 136 cm³/mol. The van der Waals surface area contributed by atoms with Gasteiger partial charge in [-0.25, -0.2) is 0 Å². The summed E-state index contributed by atoms with van der Waals surface area (Å²) in [6.07, 6.45) is -0.557. The molecule has 0 aliphatic carbocycles. The topological polar surface area (TPSA) is 66.4 Å². The molecule has 186 valence electrons. The van der Waals surface area contributed by atoms with E-state index in [1.807, 2.05) is 72.8 Å². The Bertz CT molecular complexity index is 952. The summed E-state index contributed by atoms with van der Waals surface area (Å²) in [5, 5.41) is 11.0. The van der Waals surface area contributed by atoms with Crippen molar-refractivity contribution in [2.24, 2.45) is 0 Å². The zero-order chi connectivity index (χ0) is 24.3. The fourth-order valence-electron chi connectivity index (χ4n) is 3.85. The maximum Gasteiger partial charge on any atom is 0.126 e. The molecule has 4 rings (SSSR count). The van der Waals surface area contributed by atoms with Crippen molar-refractivity contribution in [3.63, 3.8) is 0 Å². The van der Waals surface area contributed by atoms with Crippen LogP contribution in [0.5, 0.6) is 5.75 Å². The minimum Gasteiger partial charge on any atom is -0.507 e. The minimum atomic E-state index is -0.279. The van der Waals surface area contributed by atoms with Gasteiger partial charge in [0.25, 0.3) is 0 Å². The Morgan fingerprint density at radius 3 is 1.51 bits per heavy atom. The third-order valence-electron chi connectivity index (χ3n) is 5.74. The first-order valence-electron chi connectivity index (χ1n) is 11.8. The average Bonchev–Trinajstić information content (AvgIpc) is 2.89. The minimum absolute atomic E-state index is 0.170. The molecule has 1 heterocycles. The van der Waals surface area contributed by atoms with Crippen molar-refractivity contribution in [3.8, 4) is 5.75 Å². The van der Waals surface area contributed by atoms with Crippen LogP contribution in [-0.4, -0.2) is 44.7 Å². The lowest BCUT2D eigenvalue weighted by Crippen LogP contribution is -2.17. The van der Waals surface area contributed by atoms with E-state index < -0.39 is 0 Å². The van der Waals surface area contributed by atoms with Crippen LogP contribution in [-0.2, 0) is 36.9 Å². The highest BCUT2D eigenvalue weighted by atomic mass is 79.9. The molecule has 0 spiro atoms. The Hall–Kier alpha value is -2.26. The number of fused-ring (bicyclic) bond motifs is 2. The van der Waals surface area contributed by atoms with E-state index in [2.05, 4.69) is 15.9 Å². The molecule has 0 saturated carbocycles. The normalized spacial score (nSPS) is 21.1. The summed E-state index contributed by atoms with van der Waals surface area (Å²) in [5.41, 5.74) is 3.38. The quantitative estimate of drug-likeness (QED) is 0.445. The molecular weight excluding hydrogens is 512 g/mol. The molecule has 7 heteroatoms. The summed E-state index contributed by atoms with van der Waals surface area (Å²) in [4.78, 5) is 0. The van der Waals surface area contributed by atoms with Gasteiger partial charge in [0.1, 0.15) is 18.0 Å². The van der Waals surface area contributed by atoms with Crippen LogP contribution in [0.25, 0.3) is 0 Å². The van der Waals surface area contributed by atoms with Crippen molar-refractivity contribution in [1.29, 1.82) is 0 Å². The number of phenolic OH excluding ortho intramolecular Hbond substituents is 1. The first kappa shape index (κ1) is 25.8. The highest BCUT2D eigenvalue weighted by molar-refractivity contribution is 9.10. The number of rotatable bonds is 2. The Labute approximate surface area is 214 Å². The maximum absolute atomic E-state index is 11.0. The SMILES string of the molecule is Oc1c2cc(Br)cc1CO[C@@H](c1ccccc1)COCCOCCOCC(c1ccccc1)OC2. The van der Waals surface area contributed by atoms with Crippen molar-refractivity contribution in [2.75, 3.05) is 39.6 Å². The van der Waals surface area contributed by atoms with Gasteiger partial charge >= 0.3 is 0 Å². The lowest BCUT2D eigenvalue weighted by atomic mass is 10.1. The van der Waals surface area contributed by atoms with Crippen molar-refractivity contribution < 1.29 is 28.8 Å². The second-order valence-electron chi connectivity index (χ2n) is 8.26. The lowest BCUT2D eigenvalue weighted by Gasteiger charge is -2.22. The van der Waals surface area contributed by atoms with Gasteiger partial charge < -0.3 is 28.8 Å². The molecule has 0 amide bonds. The second-order valence-corrected chi connectivity index (χ2v) is 9.17. The monoisotopic (exact) mass is 542 g/mol. The van der Waals surface area contributed by atoms with Gasteiger partial charge in [0.15, 0.2) is 0 Å². The largest absolute Gasteiger partial charge is 0.507 e. The van der Waals surface area contributed by atoms with Crippen molar-refractivity contribution >= 4 is 15.9 Å². The molecule has 0 saturated heterocycles. The van der Waals surface area contributed by atoms with Gasteiger partial charge in [0.05, 0.1) is 52.9 Å². The number of hydrogen-bond donors (Lipinski definition) is 1. The van der Waals surface area contributed by atoms with Crippen molar-refractivity contribution in [2.45, 2.75) is 25.4 Å². The van der Waals surface area contributed by atoms with E-state index in [4.69, 9.17) is 23.7 Å². The van der Waals surface area contributed by atoms with Crippen LogP contribution >= 0.6 is 15.9 Å². The van der Waals surface area contributed by atoms with Gasteiger partial charge in [-0.3, -0.25) is 0 Å². The molecule has 35 heavy (non-hydrogen) atoms. The summed E-state index contributed by atoms with van der Waals surface area (Å²) >= 11 is 3.57. The first-order chi connectivity index (χ1) is 17.2. The molecule has 6 nitrogen and oxygen atoms in total. The standard InChI is InChI=1S/C28H31BrO6/c29-25-15-23-17-34-26(21-7-3-1-4-8-21)19-32-13-11-31-12-14-33-20-27(22-9-5-2-6-10-22)35-18-24(16-25)28(23)30/h1-10,15-16,26-27,30H,11-14,17-20H2/t26-,27?/m1/s1. The molecule has 1 aliphatic rings. The summed E-state index contributed by atoms with van der Waals surface area (Å²) in [5.74, 6) is 0.170. The van der Waals surface area contributed by atoms with Crippen LogP contribution in [0.4, 0.5) is 0 Å². The van der Waals surface area contributed by atoms with E-state index in [-0.39, 0.29) is 31.2 Å². The smallest absolute Gasteiger partial charge is 0.126 e. The highest BCUT2D eigenvalue weighted by Gasteiger charge is 2.18. The van der Waals surface area contributed by atoms with Gasteiger partial charge in [-0.1, -0.05) is 76.6 Å². The van der Waals surface area contributed by atoms with Crippen molar-refractivity contribution in [3.05, 3.63) is 99.5 Å². The number of benzene rings is 3. The maximum atomic E-state index is 11.0. The highest BCUT2D eigenvalue weighted by Crippen LogP contribution is 2.32. The van der Waals surface area contributed by atoms with Gasteiger partial charge in [-0.15, -0.1) is 0 Å². The molecule has 3 aromatic carbocycles. The summed E-state index contributed by atoms with van der Waals surface area (Å²) in [6, 6.07) is 23.6. The van der Waals surface area contributed by atoms with Crippen molar-refractivity contribution in [1.82, 2.24) is 0 Å². The molecule has 2 bridgehead atoms. The van der Waals surface area contributed by atoms with E-state index in [1.165, 1.54) is 0 Å². The molecule has 1 N–H and O–H groups in total. The van der Waals surface area contributed by atoms with Gasteiger partial charge in [-0.2, -0.15) is 0 Å². The van der Waals surface area contributed by atoms with Crippen LogP contribution in [0.15, 0.2) is 77.3 Å². The average molecular weight is 543 g/mol. The van der Waals surface area contributed by atoms with Gasteiger partial charge in [-0.05, 0) is 23.3 Å². The summed E-state index contributed by atoms with van der Waals surface area (Å²) in [6.45, 7) is 3.06. The van der Waals surface area contributed by atoms with E-state index in [0.29, 0.717) is 50.8 Å². The molecule has 1 aliphatic heterocycles. The van der Waals surface area contributed by atoms with Crippen LogP contribution in [0.1, 0.15) is 34.5 Å². The lowest BCUT2D eigenvalue weighted by molar-refractivity contribution is -0.0559. The number of halogens is 1. The predicted octanol–water partition coefficient (Wildman–Crippen LogP) is 5.73. The first-order valence-corrected chi connectivity index (χ1v) is 12.6. The van der Waals surface area contributed by atoms with Crippen LogP contribution in [0.3, 0.4) is 0 Å². The van der Waals surface area contributed by atoms with Crippen LogP contribution in [0.2, 0.25) is 0 Å². The Balaban J connectivity index is 1.55. The molecular formula is C28H31BrO6. The zero-order valence-electron chi connectivity index (χ0n) is 19.6. The molecule has 2 atom stereocenters. The third kappa shape index (κ3) is 7.87. The van der Waals surface area contributed by atoms with Gasteiger partial charge in [0, 0.05) is 15.6 Å². The molecule has 0 radical (unpaired) electrons. The number of aromatic hydroxyl groups is 1. The number of ether oxygens (including phenoxy) is 5. The fourth-order valence-corrected chi connectivity index (χ4v) is 4.41. The fraction of sp³-hybridized carbons (Fsp3) is 0.357. The Morgan fingerprint density at radius 1 is 0.629 bits per heavy atom. The van der Waals surface area contributed by atoms with Crippen LogP contribution in [0, 0.1) is 0 Å². The van der Waals surface area contributed by atoms with E-state index in [1.54, 1.807) is 0 Å².